The summed E-state index contributed by atoms with van der Waals surface area (Å²) in [5.74, 6) is 1.94. The number of pyridine rings is 1. The SMILES string of the molecule is CC(C)c1nccn1[C@H](C)C(=O)NC1CCN(c2ncccc2C#N)CC1. The van der Waals surface area contributed by atoms with E-state index in [9.17, 15) is 10.1 Å². The minimum atomic E-state index is -0.288. The Bertz CT molecular complexity index is 829. The van der Waals surface area contributed by atoms with Crippen LogP contribution in [-0.2, 0) is 4.79 Å². The number of carbonyl (C=O) groups is 1. The third-order valence-electron chi connectivity index (χ3n) is 5.06. The predicted molar refractivity (Wildman–Crippen MR) is 103 cm³/mol. The molecule has 1 aliphatic heterocycles. The van der Waals surface area contributed by atoms with Gasteiger partial charge < -0.3 is 14.8 Å². The maximum atomic E-state index is 12.7. The lowest BCUT2D eigenvalue weighted by Crippen LogP contribution is -2.46. The van der Waals surface area contributed by atoms with Crippen molar-refractivity contribution in [1.29, 1.82) is 5.26 Å². The first-order chi connectivity index (χ1) is 13.0. The molecular weight excluding hydrogens is 340 g/mol. The Morgan fingerprint density at radius 3 is 2.67 bits per heavy atom. The maximum Gasteiger partial charge on any atom is 0.243 e. The molecule has 1 atom stereocenters. The standard InChI is InChI=1S/C20H26N6O/c1-14(2)18-23-9-12-26(18)15(3)20(27)24-17-6-10-25(11-7-17)19-16(13-21)5-4-8-22-19/h4-5,8-9,12,14-15,17H,6-7,10-11H2,1-3H3,(H,24,27)/t15-/m1/s1. The third kappa shape index (κ3) is 4.11. The molecule has 1 N–H and O–H groups in total. The Balaban J connectivity index is 1.58. The molecule has 7 nitrogen and oxygen atoms in total. The molecule has 1 saturated heterocycles. The molecule has 3 rings (SSSR count). The molecule has 1 amide bonds. The van der Waals surface area contributed by atoms with Gasteiger partial charge in [-0.15, -0.1) is 0 Å². The molecule has 7 heteroatoms. The van der Waals surface area contributed by atoms with Crippen LogP contribution in [0.3, 0.4) is 0 Å². The van der Waals surface area contributed by atoms with Crippen LogP contribution < -0.4 is 10.2 Å². The quantitative estimate of drug-likeness (QED) is 0.879. The zero-order valence-electron chi connectivity index (χ0n) is 16.1. The first kappa shape index (κ1) is 18.9. The zero-order valence-corrected chi connectivity index (χ0v) is 16.1. The van der Waals surface area contributed by atoms with Gasteiger partial charge in [-0.1, -0.05) is 13.8 Å². The van der Waals surface area contributed by atoms with E-state index in [4.69, 9.17) is 0 Å². The highest BCUT2D eigenvalue weighted by Gasteiger charge is 2.26. The molecule has 2 aromatic heterocycles. The van der Waals surface area contributed by atoms with E-state index >= 15 is 0 Å². The molecule has 1 aliphatic rings. The molecule has 2 aromatic rings. The average molecular weight is 366 g/mol. The number of anilines is 1. The number of imidazole rings is 1. The Morgan fingerprint density at radius 2 is 2.00 bits per heavy atom. The van der Waals surface area contributed by atoms with E-state index in [0.717, 1.165) is 37.6 Å². The molecule has 0 bridgehead atoms. The highest BCUT2D eigenvalue weighted by molar-refractivity contribution is 5.80. The van der Waals surface area contributed by atoms with Gasteiger partial charge in [0.05, 0.1) is 5.56 Å². The van der Waals surface area contributed by atoms with E-state index < -0.39 is 0 Å². The van der Waals surface area contributed by atoms with Gasteiger partial charge in [0.1, 0.15) is 23.8 Å². The fourth-order valence-electron chi connectivity index (χ4n) is 3.52. The van der Waals surface area contributed by atoms with Gasteiger partial charge >= 0.3 is 0 Å². The highest BCUT2D eigenvalue weighted by atomic mass is 16.2. The largest absolute Gasteiger partial charge is 0.355 e. The van der Waals surface area contributed by atoms with Crippen molar-refractivity contribution in [2.45, 2.75) is 51.6 Å². The van der Waals surface area contributed by atoms with E-state index in [1.807, 2.05) is 17.7 Å². The summed E-state index contributed by atoms with van der Waals surface area (Å²) in [5, 5.41) is 12.4. The van der Waals surface area contributed by atoms with Gasteiger partial charge in [0, 0.05) is 43.6 Å². The lowest BCUT2D eigenvalue weighted by atomic mass is 10.0. The number of nitriles is 1. The van der Waals surface area contributed by atoms with Gasteiger partial charge in [-0.05, 0) is 31.9 Å². The first-order valence-corrected chi connectivity index (χ1v) is 9.44. The van der Waals surface area contributed by atoms with Crippen LogP contribution in [0, 0.1) is 11.3 Å². The van der Waals surface area contributed by atoms with Gasteiger partial charge in [-0.25, -0.2) is 9.97 Å². The van der Waals surface area contributed by atoms with E-state index in [-0.39, 0.29) is 23.9 Å². The van der Waals surface area contributed by atoms with E-state index in [2.05, 4.69) is 40.1 Å². The molecular formula is C20H26N6O. The Morgan fingerprint density at radius 1 is 1.26 bits per heavy atom. The summed E-state index contributed by atoms with van der Waals surface area (Å²) < 4.78 is 1.95. The minimum absolute atomic E-state index is 0.0175. The van der Waals surface area contributed by atoms with Crippen molar-refractivity contribution in [3.05, 3.63) is 42.1 Å². The number of amides is 1. The molecule has 1 fully saturated rings. The van der Waals surface area contributed by atoms with Crippen molar-refractivity contribution in [3.8, 4) is 6.07 Å². The number of rotatable bonds is 5. The van der Waals surface area contributed by atoms with Gasteiger partial charge in [-0.2, -0.15) is 5.26 Å². The number of carbonyl (C=O) groups excluding carboxylic acids is 1. The molecule has 3 heterocycles. The number of nitrogens with one attached hydrogen (secondary N) is 1. The molecule has 0 saturated carbocycles. The second-order valence-electron chi connectivity index (χ2n) is 7.28. The fraction of sp³-hybridized carbons (Fsp3) is 0.500. The van der Waals surface area contributed by atoms with Gasteiger partial charge in [-0.3, -0.25) is 4.79 Å². The van der Waals surface area contributed by atoms with Crippen LogP contribution in [0.25, 0.3) is 0 Å². The summed E-state index contributed by atoms with van der Waals surface area (Å²) >= 11 is 0. The lowest BCUT2D eigenvalue weighted by Gasteiger charge is -2.34. The molecule has 27 heavy (non-hydrogen) atoms. The molecule has 142 valence electrons. The van der Waals surface area contributed by atoms with Gasteiger partial charge in [0.2, 0.25) is 5.91 Å². The van der Waals surface area contributed by atoms with Crippen LogP contribution in [0.2, 0.25) is 0 Å². The monoisotopic (exact) mass is 366 g/mol. The van der Waals surface area contributed by atoms with Crippen molar-refractivity contribution in [2.75, 3.05) is 18.0 Å². The molecule has 0 spiro atoms. The van der Waals surface area contributed by atoms with Crippen LogP contribution in [0.4, 0.5) is 5.82 Å². The summed E-state index contributed by atoms with van der Waals surface area (Å²) in [6.07, 6.45) is 6.99. The van der Waals surface area contributed by atoms with Crippen molar-refractivity contribution in [1.82, 2.24) is 19.9 Å². The second kappa shape index (κ2) is 8.21. The summed E-state index contributed by atoms with van der Waals surface area (Å²) in [4.78, 5) is 23.6. The van der Waals surface area contributed by atoms with E-state index in [1.54, 1.807) is 24.5 Å². The van der Waals surface area contributed by atoms with Crippen LogP contribution in [0.15, 0.2) is 30.7 Å². The number of nitrogens with zero attached hydrogens (tertiary/aromatic N) is 5. The minimum Gasteiger partial charge on any atom is -0.355 e. The van der Waals surface area contributed by atoms with E-state index in [1.165, 1.54) is 0 Å². The zero-order chi connectivity index (χ0) is 19.4. The summed E-state index contributed by atoms with van der Waals surface area (Å²) in [7, 11) is 0. The van der Waals surface area contributed by atoms with Crippen molar-refractivity contribution < 1.29 is 4.79 Å². The number of piperidine rings is 1. The molecule has 0 unspecified atom stereocenters. The van der Waals surface area contributed by atoms with Gasteiger partial charge in [0.15, 0.2) is 0 Å². The normalized spacial score (nSPS) is 16.2. The summed E-state index contributed by atoms with van der Waals surface area (Å²) in [5.41, 5.74) is 0.593. The third-order valence-corrected chi connectivity index (χ3v) is 5.06. The fourth-order valence-corrected chi connectivity index (χ4v) is 3.52. The van der Waals surface area contributed by atoms with Crippen LogP contribution in [0.5, 0.6) is 0 Å². The topological polar surface area (TPSA) is 86.8 Å². The summed E-state index contributed by atoms with van der Waals surface area (Å²) in [6.45, 7) is 7.60. The molecule has 0 aromatic carbocycles. The Hall–Kier alpha value is -2.88. The maximum absolute atomic E-state index is 12.7. The van der Waals surface area contributed by atoms with E-state index in [0.29, 0.717) is 5.56 Å². The first-order valence-electron chi connectivity index (χ1n) is 9.44. The van der Waals surface area contributed by atoms with Crippen molar-refractivity contribution >= 4 is 11.7 Å². The van der Waals surface area contributed by atoms with Crippen LogP contribution in [-0.4, -0.2) is 39.6 Å². The number of hydrogen-bond donors (Lipinski definition) is 1. The Kier molecular flexibility index (Phi) is 5.75. The molecule has 0 aliphatic carbocycles. The summed E-state index contributed by atoms with van der Waals surface area (Å²) in [6, 6.07) is 5.61. The van der Waals surface area contributed by atoms with Gasteiger partial charge in [0.25, 0.3) is 0 Å². The number of aromatic nitrogens is 3. The number of hydrogen-bond acceptors (Lipinski definition) is 5. The van der Waals surface area contributed by atoms with Crippen LogP contribution in [0.1, 0.15) is 57.0 Å². The predicted octanol–water partition coefficient (Wildman–Crippen LogP) is 2.62. The Labute approximate surface area is 160 Å². The van der Waals surface area contributed by atoms with Crippen molar-refractivity contribution in [3.63, 3.8) is 0 Å². The highest BCUT2D eigenvalue weighted by Crippen LogP contribution is 2.22. The molecule has 0 radical (unpaired) electrons. The van der Waals surface area contributed by atoms with Crippen molar-refractivity contribution in [2.24, 2.45) is 0 Å². The smallest absolute Gasteiger partial charge is 0.243 e. The lowest BCUT2D eigenvalue weighted by molar-refractivity contribution is -0.124. The second-order valence-corrected chi connectivity index (χ2v) is 7.28. The average Bonchev–Trinajstić information content (AvgIpc) is 3.18. The van der Waals surface area contributed by atoms with Crippen LogP contribution >= 0.6 is 0 Å².